The topological polar surface area (TPSA) is 91.7 Å². The lowest BCUT2D eigenvalue weighted by atomic mass is 9.84. The molecular weight excluding hydrogens is 390 g/mol. The summed E-state index contributed by atoms with van der Waals surface area (Å²) in [6.07, 6.45) is 5.25. The Hall–Kier alpha value is -3.16. The van der Waals surface area contributed by atoms with Gasteiger partial charge >= 0.3 is 0 Å². The Morgan fingerprint density at radius 3 is 2.84 bits per heavy atom. The Morgan fingerprint density at radius 1 is 1.29 bits per heavy atom. The van der Waals surface area contributed by atoms with Crippen LogP contribution in [0.1, 0.15) is 64.9 Å². The van der Waals surface area contributed by atoms with E-state index in [1.54, 1.807) is 17.1 Å². The van der Waals surface area contributed by atoms with E-state index in [0.29, 0.717) is 17.5 Å². The molecule has 31 heavy (non-hydrogen) atoms. The molecule has 1 fully saturated rings. The van der Waals surface area contributed by atoms with E-state index in [1.807, 2.05) is 13.8 Å². The standard InChI is InChI=1S/C23H29N7O/c1-14-16(5-8-20(25-14)29-12-23(3,4)13-29)10-30-11-17(9-24-30)22(31)26-19-7-6-18-15(2)27-28-21(18)19/h5,8-9,11,19H,6-7,10,12-13H2,1-4H3,(H,26,31)(H,27,28). The SMILES string of the molecule is Cc1nc(N2CC(C)(C)C2)ccc1Cn1cc(C(=O)NC2CCc3c2n[nH]c3C)cn1. The Balaban J connectivity index is 1.23. The number of aromatic nitrogens is 5. The smallest absolute Gasteiger partial charge is 0.255 e. The summed E-state index contributed by atoms with van der Waals surface area (Å²) in [5.74, 6) is 0.918. The first-order valence-corrected chi connectivity index (χ1v) is 10.9. The average Bonchev–Trinajstić information content (AvgIpc) is 3.41. The lowest BCUT2D eigenvalue weighted by molar-refractivity contribution is 0.0936. The number of carbonyl (C=O) groups excluding carboxylic acids is 1. The molecule has 1 saturated heterocycles. The molecule has 8 nitrogen and oxygen atoms in total. The summed E-state index contributed by atoms with van der Waals surface area (Å²) in [5.41, 5.74) is 6.32. The second kappa shape index (κ2) is 7.21. The fourth-order valence-corrected chi connectivity index (χ4v) is 4.69. The van der Waals surface area contributed by atoms with Gasteiger partial charge in [-0.3, -0.25) is 14.6 Å². The van der Waals surface area contributed by atoms with Gasteiger partial charge in [0.05, 0.1) is 30.0 Å². The lowest BCUT2D eigenvalue weighted by Crippen LogP contribution is -2.53. The van der Waals surface area contributed by atoms with Gasteiger partial charge in [0.15, 0.2) is 0 Å². The molecule has 1 atom stereocenters. The van der Waals surface area contributed by atoms with Gasteiger partial charge in [-0.05, 0) is 49.3 Å². The van der Waals surface area contributed by atoms with E-state index in [0.717, 1.165) is 54.4 Å². The molecule has 2 N–H and O–H groups in total. The van der Waals surface area contributed by atoms with Crippen molar-refractivity contribution in [3.8, 4) is 0 Å². The van der Waals surface area contributed by atoms with Gasteiger partial charge in [-0.2, -0.15) is 10.2 Å². The molecule has 3 aromatic heterocycles. The molecule has 1 amide bonds. The highest BCUT2D eigenvalue weighted by atomic mass is 16.1. The predicted molar refractivity (Wildman–Crippen MR) is 118 cm³/mol. The first kappa shape index (κ1) is 19.8. The van der Waals surface area contributed by atoms with E-state index in [-0.39, 0.29) is 11.9 Å². The van der Waals surface area contributed by atoms with Crippen molar-refractivity contribution in [2.45, 2.75) is 53.1 Å². The normalized spacial score (nSPS) is 19.2. The van der Waals surface area contributed by atoms with Crippen LogP contribution in [-0.4, -0.2) is 44.0 Å². The predicted octanol–water partition coefficient (Wildman–Crippen LogP) is 2.93. The van der Waals surface area contributed by atoms with Crippen LogP contribution in [0.25, 0.3) is 0 Å². The molecule has 1 aliphatic carbocycles. The van der Waals surface area contributed by atoms with Gasteiger partial charge in [0, 0.05) is 30.7 Å². The number of carbonyl (C=O) groups is 1. The number of anilines is 1. The van der Waals surface area contributed by atoms with Gasteiger partial charge in [0.25, 0.3) is 5.91 Å². The van der Waals surface area contributed by atoms with Gasteiger partial charge in [-0.25, -0.2) is 4.98 Å². The number of amides is 1. The fourth-order valence-electron chi connectivity index (χ4n) is 4.69. The molecule has 0 bridgehead atoms. The molecule has 162 valence electrons. The van der Waals surface area contributed by atoms with Crippen LogP contribution in [0.5, 0.6) is 0 Å². The highest BCUT2D eigenvalue weighted by Gasteiger charge is 2.35. The maximum absolute atomic E-state index is 12.7. The molecular formula is C23H29N7O. The van der Waals surface area contributed by atoms with E-state index >= 15 is 0 Å². The summed E-state index contributed by atoms with van der Waals surface area (Å²) in [4.78, 5) is 19.8. The van der Waals surface area contributed by atoms with Crippen LogP contribution >= 0.6 is 0 Å². The molecule has 1 aliphatic heterocycles. The molecule has 0 aromatic carbocycles. The molecule has 2 aliphatic rings. The zero-order chi connectivity index (χ0) is 21.8. The van der Waals surface area contributed by atoms with Crippen molar-refractivity contribution in [2.75, 3.05) is 18.0 Å². The highest BCUT2D eigenvalue weighted by molar-refractivity contribution is 5.94. The average molecular weight is 420 g/mol. The summed E-state index contributed by atoms with van der Waals surface area (Å²) in [7, 11) is 0. The van der Waals surface area contributed by atoms with E-state index in [9.17, 15) is 4.79 Å². The van der Waals surface area contributed by atoms with Gasteiger partial charge in [-0.1, -0.05) is 19.9 Å². The zero-order valence-corrected chi connectivity index (χ0v) is 18.6. The lowest BCUT2D eigenvalue weighted by Gasteiger charge is -2.46. The van der Waals surface area contributed by atoms with Crippen molar-refractivity contribution in [3.05, 3.63) is 58.3 Å². The molecule has 3 aromatic rings. The van der Waals surface area contributed by atoms with Crippen LogP contribution in [0.2, 0.25) is 0 Å². The fraction of sp³-hybridized carbons (Fsp3) is 0.478. The number of nitrogens with zero attached hydrogens (tertiary/aromatic N) is 5. The molecule has 8 heteroatoms. The van der Waals surface area contributed by atoms with Crippen molar-refractivity contribution >= 4 is 11.7 Å². The Bertz CT molecular complexity index is 1130. The van der Waals surface area contributed by atoms with Crippen LogP contribution in [0, 0.1) is 19.3 Å². The van der Waals surface area contributed by atoms with Gasteiger partial charge < -0.3 is 10.2 Å². The summed E-state index contributed by atoms with van der Waals surface area (Å²) >= 11 is 0. The largest absolute Gasteiger partial charge is 0.355 e. The van der Waals surface area contributed by atoms with Crippen LogP contribution in [0.4, 0.5) is 5.82 Å². The molecule has 0 radical (unpaired) electrons. The van der Waals surface area contributed by atoms with Crippen molar-refractivity contribution in [1.82, 2.24) is 30.3 Å². The van der Waals surface area contributed by atoms with Crippen LogP contribution in [0.3, 0.4) is 0 Å². The second-order valence-corrected chi connectivity index (χ2v) is 9.64. The zero-order valence-electron chi connectivity index (χ0n) is 18.6. The minimum atomic E-state index is -0.115. The third-order valence-electron chi connectivity index (χ3n) is 6.39. The third-order valence-corrected chi connectivity index (χ3v) is 6.39. The number of hydrogen-bond acceptors (Lipinski definition) is 5. The summed E-state index contributed by atoms with van der Waals surface area (Å²) in [6, 6.07) is 4.16. The van der Waals surface area contributed by atoms with Crippen molar-refractivity contribution < 1.29 is 4.79 Å². The maximum atomic E-state index is 12.7. The van der Waals surface area contributed by atoms with E-state index in [2.05, 4.69) is 51.5 Å². The number of fused-ring (bicyclic) bond motifs is 1. The van der Waals surface area contributed by atoms with E-state index in [4.69, 9.17) is 4.98 Å². The number of H-pyrrole nitrogens is 1. The summed E-state index contributed by atoms with van der Waals surface area (Å²) in [6.45, 7) is 11.3. The number of rotatable bonds is 5. The Labute approximate surface area is 182 Å². The van der Waals surface area contributed by atoms with Crippen LogP contribution in [-0.2, 0) is 13.0 Å². The first-order valence-electron chi connectivity index (χ1n) is 10.9. The van der Waals surface area contributed by atoms with Gasteiger partial charge in [-0.15, -0.1) is 0 Å². The quantitative estimate of drug-likeness (QED) is 0.663. The number of nitrogens with one attached hydrogen (secondary N) is 2. The monoisotopic (exact) mass is 419 g/mol. The number of aryl methyl sites for hydroxylation is 2. The number of aromatic amines is 1. The molecule has 0 spiro atoms. The molecule has 4 heterocycles. The minimum Gasteiger partial charge on any atom is -0.355 e. The minimum absolute atomic E-state index is 0.0405. The van der Waals surface area contributed by atoms with Crippen LogP contribution in [0.15, 0.2) is 24.5 Å². The van der Waals surface area contributed by atoms with Crippen LogP contribution < -0.4 is 10.2 Å². The molecule has 0 saturated carbocycles. The first-order chi connectivity index (χ1) is 14.8. The van der Waals surface area contributed by atoms with Crippen molar-refractivity contribution in [2.24, 2.45) is 5.41 Å². The molecule has 1 unspecified atom stereocenters. The Kier molecular flexibility index (Phi) is 4.60. The van der Waals surface area contributed by atoms with Crippen molar-refractivity contribution in [1.29, 1.82) is 0 Å². The maximum Gasteiger partial charge on any atom is 0.255 e. The van der Waals surface area contributed by atoms with Crippen molar-refractivity contribution in [3.63, 3.8) is 0 Å². The summed E-state index contributed by atoms with van der Waals surface area (Å²) < 4.78 is 1.80. The van der Waals surface area contributed by atoms with Gasteiger partial charge in [0.2, 0.25) is 0 Å². The van der Waals surface area contributed by atoms with E-state index in [1.165, 1.54) is 5.56 Å². The number of pyridine rings is 1. The Morgan fingerprint density at radius 2 is 2.10 bits per heavy atom. The van der Waals surface area contributed by atoms with Gasteiger partial charge in [0.1, 0.15) is 5.82 Å². The second-order valence-electron chi connectivity index (χ2n) is 9.64. The molecule has 5 rings (SSSR count). The van der Waals surface area contributed by atoms with E-state index < -0.39 is 0 Å². The highest BCUT2D eigenvalue weighted by Crippen LogP contribution is 2.33. The third kappa shape index (κ3) is 3.71. The summed E-state index contributed by atoms with van der Waals surface area (Å²) in [5, 5.41) is 14.9. The number of hydrogen-bond donors (Lipinski definition) is 2.